The molecule has 3 heteroatoms. The van der Waals surface area contributed by atoms with E-state index in [1.165, 1.54) is 6.42 Å². The van der Waals surface area contributed by atoms with Gasteiger partial charge >= 0.3 is 0 Å². The number of rotatable bonds is 5. The number of piperazine rings is 1. The highest BCUT2D eigenvalue weighted by molar-refractivity contribution is 4.83. The molecular weight excluding hydrogens is 200 g/mol. The Labute approximate surface area is 100 Å². The second-order valence-corrected chi connectivity index (χ2v) is 5.64. The van der Waals surface area contributed by atoms with E-state index < -0.39 is 0 Å². The molecule has 1 rings (SSSR count). The largest absolute Gasteiger partial charge is 0.395 e. The zero-order valence-electron chi connectivity index (χ0n) is 11.3. The molecule has 0 radical (unpaired) electrons. The maximum atomic E-state index is 9.46. The van der Waals surface area contributed by atoms with E-state index in [0.717, 1.165) is 32.1 Å². The van der Waals surface area contributed by atoms with Gasteiger partial charge in [-0.1, -0.05) is 13.8 Å². The molecule has 16 heavy (non-hydrogen) atoms. The first-order chi connectivity index (χ1) is 7.54. The molecule has 1 aliphatic rings. The molecule has 0 aliphatic carbocycles. The molecule has 0 aromatic rings. The molecule has 1 fully saturated rings. The van der Waals surface area contributed by atoms with E-state index in [1.54, 1.807) is 0 Å². The average Bonchev–Trinajstić information content (AvgIpc) is 2.25. The molecule has 1 heterocycles. The van der Waals surface area contributed by atoms with Crippen molar-refractivity contribution in [1.82, 2.24) is 9.80 Å². The Morgan fingerprint density at radius 3 is 2.38 bits per heavy atom. The number of aliphatic hydroxyl groups excluding tert-OH is 1. The molecule has 1 N–H and O–H groups in total. The van der Waals surface area contributed by atoms with Crippen LogP contribution < -0.4 is 0 Å². The van der Waals surface area contributed by atoms with Gasteiger partial charge in [-0.3, -0.25) is 9.80 Å². The van der Waals surface area contributed by atoms with Crippen LogP contribution in [-0.2, 0) is 0 Å². The Morgan fingerprint density at radius 1 is 1.19 bits per heavy atom. The maximum Gasteiger partial charge on any atom is 0.0599 e. The third-order valence-corrected chi connectivity index (χ3v) is 3.57. The van der Waals surface area contributed by atoms with Gasteiger partial charge in [-0.2, -0.15) is 0 Å². The van der Waals surface area contributed by atoms with Crippen LogP contribution in [0, 0.1) is 5.92 Å². The molecule has 96 valence electrons. The number of hydrogen-bond acceptors (Lipinski definition) is 3. The van der Waals surface area contributed by atoms with Crippen molar-refractivity contribution in [3.8, 4) is 0 Å². The molecule has 3 nitrogen and oxygen atoms in total. The van der Waals surface area contributed by atoms with Gasteiger partial charge in [0.25, 0.3) is 0 Å². The van der Waals surface area contributed by atoms with Crippen molar-refractivity contribution in [3.05, 3.63) is 0 Å². The minimum absolute atomic E-state index is 0.293. The highest BCUT2D eigenvalue weighted by Gasteiger charge is 2.27. The molecule has 0 aromatic heterocycles. The predicted molar refractivity (Wildman–Crippen MR) is 68.6 cm³/mol. The quantitative estimate of drug-likeness (QED) is 0.771. The summed E-state index contributed by atoms with van der Waals surface area (Å²) < 4.78 is 0. The third-order valence-electron chi connectivity index (χ3n) is 3.57. The molecule has 0 bridgehead atoms. The lowest BCUT2D eigenvalue weighted by Crippen LogP contribution is -2.56. The Balaban J connectivity index is 2.42. The van der Waals surface area contributed by atoms with Gasteiger partial charge in [-0.05, 0) is 32.7 Å². The van der Waals surface area contributed by atoms with Crippen LogP contribution in [0.1, 0.15) is 34.1 Å². The van der Waals surface area contributed by atoms with Crippen LogP contribution in [0.15, 0.2) is 0 Å². The normalized spacial score (nSPS) is 24.6. The van der Waals surface area contributed by atoms with E-state index in [9.17, 15) is 5.11 Å². The third kappa shape index (κ3) is 4.04. The molecule has 1 aliphatic heterocycles. The smallest absolute Gasteiger partial charge is 0.0599 e. The van der Waals surface area contributed by atoms with Crippen molar-refractivity contribution in [1.29, 1.82) is 0 Å². The number of nitrogens with zero attached hydrogens (tertiary/aromatic N) is 2. The molecule has 0 amide bonds. The Morgan fingerprint density at radius 2 is 1.88 bits per heavy atom. The van der Waals surface area contributed by atoms with Gasteiger partial charge in [0.1, 0.15) is 0 Å². The Hall–Kier alpha value is -0.120. The molecule has 0 aromatic carbocycles. The number of aliphatic hydroxyl groups is 1. The lowest BCUT2D eigenvalue weighted by atomic mass is 10.1. The van der Waals surface area contributed by atoms with Gasteiger partial charge in [0.15, 0.2) is 0 Å². The van der Waals surface area contributed by atoms with E-state index in [0.29, 0.717) is 18.7 Å². The molecular formula is C13H28N2O. The summed E-state index contributed by atoms with van der Waals surface area (Å²) in [5.41, 5.74) is 0. The van der Waals surface area contributed by atoms with Gasteiger partial charge in [-0.25, -0.2) is 0 Å². The van der Waals surface area contributed by atoms with E-state index in [4.69, 9.17) is 0 Å². The summed E-state index contributed by atoms with van der Waals surface area (Å²) >= 11 is 0. The molecule has 0 spiro atoms. The molecule has 1 atom stereocenters. The minimum atomic E-state index is 0.293. The highest BCUT2D eigenvalue weighted by Crippen LogP contribution is 2.14. The summed E-state index contributed by atoms with van der Waals surface area (Å²) in [6.45, 7) is 13.7. The first-order valence-corrected chi connectivity index (χ1v) is 6.63. The summed E-state index contributed by atoms with van der Waals surface area (Å²) in [6, 6.07) is 0.941. The first-order valence-electron chi connectivity index (χ1n) is 6.63. The van der Waals surface area contributed by atoms with Crippen LogP contribution in [0.4, 0.5) is 0 Å². The summed E-state index contributed by atoms with van der Waals surface area (Å²) in [5.74, 6) is 0.752. The van der Waals surface area contributed by atoms with Crippen molar-refractivity contribution in [2.24, 2.45) is 5.92 Å². The van der Waals surface area contributed by atoms with E-state index in [2.05, 4.69) is 37.5 Å². The van der Waals surface area contributed by atoms with Crippen molar-refractivity contribution in [3.63, 3.8) is 0 Å². The Bertz CT molecular complexity index is 194. The van der Waals surface area contributed by atoms with E-state index in [1.807, 2.05) is 0 Å². The van der Waals surface area contributed by atoms with Crippen LogP contribution in [-0.4, -0.2) is 59.8 Å². The van der Waals surface area contributed by atoms with Gasteiger partial charge in [0, 0.05) is 31.7 Å². The monoisotopic (exact) mass is 228 g/mol. The van der Waals surface area contributed by atoms with Gasteiger partial charge in [0.2, 0.25) is 0 Å². The SMILES string of the molecule is CC(C)CCN1CCN(C(C)C)CC1CO. The zero-order chi connectivity index (χ0) is 12.1. The molecule has 1 unspecified atom stereocenters. The molecule has 1 saturated heterocycles. The van der Waals surface area contributed by atoms with E-state index >= 15 is 0 Å². The first kappa shape index (κ1) is 13.9. The minimum Gasteiger partial charge on any atom is -0.395 e. The van der Waals surface area contributed by atoms with Crippen LogP contribution in [0.5, 0.6) is 0 Å². The lowest BCUT2D eigenvalue weighted by Gasteiger charge is -2.42. The fourth-order valence-corrected chi connectivity index (χ4v) is 2.28. The van der Waals surface area contributed by atoms with Gasteiger partial charge in [0.05, 0.1) is 6.61 Å². The predicted octanol–water partition coefficient (Wildman–Crippen LogP) is 1.42. The fraction of sp³-hybridized carbons (Fsp3) is 1.00. The van der Waals surface area contributed by atoms with Crippen molar-refractivity contribution >= 4 is 0 Å². The summed E-state index contributed by atoms with van der Waals surface area (Å²) in [6.07, 6.45) is 1.23. The van der Waals surface area contributed by atoms with Crippen molar-refractivity contribution in [2.45, 2.75) is 46.2 Å². The zero-order valence-corrected chi connectivity index (χ0v) is 11.3. The van der Waals surface area contributed by atoms with Crippen LogP contribution >= 0.6 is 0 Å². The summed E-state index contributed by atoms with van der Waals surface area (Å²) in [4.78, 5) is 4.92. The average molecular weight is 228 g/mol. The summed E-state index contributed by atoms with van der Waals surface area (Å²) in [7, 11) is 0. The van der Waals surface area contributed by atoms with Crippen LogP contribution in [0.25, 0.3) is 0 Å². The second-order valence-electron chi connectivity index (χ2n) is 5.64. The van der Waals surface area contributed by atoms with Crippen molar-refractivity contribution < 1.29 is 5.11 Å². The maximum absolute atomic E-state index is 9.46. The van der Waals surface area contributed by atoms with Crippen LogP contribution in [0.3, 0.4) is 0 Å². The highest BCUT2D eigenvalue weighted by atomic mass is 16.3. The fourth-order valence-electron chi connectivity index (χ4n) is 2.28. The van der Waals surface area contributed by atoms with Gasteiger partial charge in [-0.15, -0.1) is 0 Å². The second kappa shape index (κ2) is 6.58. The molecule has 0 saturated carbocycles. The van der Waals surface area contributed by atoms with Crippen molar-refractivity contribution in [2.75, 3.05) is 32.8 Å². The Kier molecular flexibility index (Phi) is 5.73. The lowest BCUT2D eigenvalue weighted by molar-refractivity contribution is 0.0247. The van der Waals surface area contributed by atoms with E-state index in [-0.39, 0.29) is 0 Å². The summed E-state index contributed by atoms with van der Waals surface area (Å²) in [5, 5.41) is 9.46. The van der Waals surface area contributed by atoms with Crippen LogP contribution in [0.2, 0.25) is 0 Å². The number of hydrogen-bond donors (Lipinski definition) is 1. The van der Waals surface area contributed by atoms with Gasteiger partial charge < -0.3 is 5.11 Å². The standard InChI is InChI=1S/C13H28N2O/c1-11(2)5-6-14-7-8-15(12(3)4)9-13(14)10-16/h11-13,16H,5-10H2,1-4H3. The topological polar surface area (TPSA) is 26.7 Å².